The van der Waals surface area contributed by atoms with E-state index in [-0.39, 0.29) is 10.8 Å². The Balaban J connectivity index is 2.64. The number of hydrogen-bond donors (Lipinski definition) is 1. The third-order valence-electron chi connectivity index (χ3n) is 3.00. The minimum absolute atomic E-state index is 0.261. The van der Waals surface area contributed by atoms with Crippen LogP contribution >= 0.6 is 11.6 Å². The van der Waals surface area contributed by atoms with Gasteiger partial charge in [-0.05, 0) is 43.9 Å². The summed E-state index contributed by atoms with van der Waals surface area (Å²) in [6.07, 6.45) is 3.03. The average molecular weight is 258 g/mol. The second kappa shape index (κ2) is 6.97. The summed E-state index contributed by atoms with van der Waals surface area (Å²) in [6.45, 7) is 4.42. The van der Waals surface area contributed by atoms with Gasteiger partial charge >= 0.3 is 0 Å². The molecule has 0 saturated carbocycles. The Morgan fingerprint density at radius 1 is 1.29 bits per heavy atom. The maximum atomic E-state index is 13.3. The number of rotatable bonds is 6. The Morgan fingerprint density at radius 3 is 2.59 bits per heavy atom. The van der Waals surface area contributed by atoms with Crippen molar-refractivity contribution < 1.29 is 4.39 Å². The van der Waals surface area contributed by atoms with Gasteiger partial charge in [0.2, 0.25) is 0 Å². The van der Waals surface area contributed by atoms with Crippen LogP contribution in [0.4, 0.5) is 4.39 Å². The van der Waals surface area contributed by atoms with Crippen molar-refractivity contribution in [2.45, 2.75) is 39.2 Å². The summed E-state index contributed by atoms with van der Waals surface area (Å²) >= 11 is 5.95. The van der Waals surface area contributed by atoms with Crippen molar-refractivity contribution in [3.05, 3.63) is 34.6 Å². The zero-order valence-electron chi connectivity index (χ0n) is 10.8. The van der Waals surface area contributed by atoms with Gasteiger partial charge in [0.25, 0.3) is 0 Å². The van der Waals surface area contributed by atoms with Gasteiger partial charge in [0, 0.05) is 6.04 Å². The molecule has 1 unspecified atom stereocenters. The van der Waals surface area contributed by atoms with Gasteiger partial charge in [0.15, 0.2) is 0 Å². The number of hydrogen-bond acceptors (Lipinski definition) is 1. The van der Waals surface area contributed by atoms with E-state index in [1.165, 1.54) is 12.5 Å². The summed E-state index contributed by atoms with van der Waals surface area (Å²) in [6, 6.07) is 5.36. The maximum Gasteiger partial charge on any atom is 0.142 e. The monoisotopic (exact) mass is 257 g/mol. The lowest BCUT2D eigenvalue weighted by Gasteiger charge is -2.18. The Hall–Kier alpha value is -0.600. The van der Waals surface area contributed by atoms with Crippen molar-refractivity contribution in [2.75, 3.05) is 7.05 Å². The van der Waals surface area contributed by atoms with E-state index in [0.717, 1.165) is 18.4 Å². The molecular weight excluding hydrogens is 237 g/mol. The van der Waals surface area contributed by atoms with Crippen LogP contribution in [0.25, 0.3) is 0 Å². The van der Waals surface area contributed by atoms with Crippen LogP contribution in [0.3, 0.4) is 0 Å². The minimum Gasteiger partial charge on any atom is -0.317 e. The SMILES string of the molecule is CNC(CCC(C)C)Cc1cccc(F)c1Cl. The summed E-state index contributed by atoms with van der Waals surface area (Å²) in [5.41, 5.74) is 0.884. The molecule has 1 atom stereocenters. The Bertz CT molecular complexity index is 352. The molecule has 0 fully saturated rings. The van der Waals surface area contributed by atoms with E-state index >= 15 is 0 Å². The van der Waals surface area contributed by atoms with Crippen molar-refractivity contribution in [1.29, 1.82) is 0 Å². The Morgan fingerprint density at radius 2 is 2.00 bits per heavy atom. The first-order valence-electron chi connectivity index (χ1n) is 6.14. The Kier molecular flexibility index (Phi) is 5.93. The molecule has 3 heteroatoms. The van der Waals surface area contributed by atoms with Crippen LogP contribution < -0.4 is 5.32 Å². The summed E-state index contributed by atoms with van der Waals surface area (Å²) < 4.78 is 13.3. The smallest absolute Gasteiger partial charge is 0.142 e. The lowest BCUT2D eigenvalue weighted by atomic mass is 9.98. The normalized spacial score (nSPS) is 13.1. The van der Waals surface area contributed by atoms with E-state index < -0.39 is 0 Å². The second-order valence-corrected chi connectivity index (χ2v) is 5.25. The van der Waals surface area contributed by atoms with Crippen LogP contribution in [0.15, 0.2) is 18.2 Å². The zero-order chi connectivity index (χ0) is 12.8. The highest BCUT2D eigenvalue weighted by atomic mass is 35.5. The van der Waals surface area contributed by atoms with Crippen LogP contribution in [0.2, 0.25) is 5.02 Å². The molecule has 0 bridgehead atoms. The highest BCUT2D eigenvalue weighted by Gasteiger charge is 2.12. The molecule has 0 aliphatic heterocycles. The quantitative estimate of drug-likeness (QED) is 0.811. The molecule has 1 nitrogen and oxygen atoms in total. The molecule has 1 aromatic rings. The molecule has 0 heterocycles. The van der Waals surface area contributed by atoms with Gasteiger partial charge in [-0.3, -0.25) is 0 Å². The van der Waals surface area contributed by atoms with Gasteiger partial charge in [-0.25, -0.2) is 4.39 Å². The van der Waals surface area contributed by atoms with E-state index in [0.29, 0.717) is 12.0 Å². The fourth-order valence-electron chi connectivity index (χ4n) is 1.85. The molecular formula is C14H21ClFN. The highest BCUT2D eigenvalue weighted by Crippen LogP contribution is 2.22. The molecule has 0 amide bonds. The Labute approximate surface area is 108 Å². The number of nitrogens with one attached hydrogen (secondary N) is 1. The minimum atomic E-state index is -0.331. The second-order valence-electron chi connectivity index (χ2n) is 4.87. The molecule has 1 aromatic carbocycles. The lowest BCUT2D eigenvalue weighted by Crippen LogP contribution is -2.28. The number of likely N-dealkylation sites (N-methyl/N-ethyl adjacent to an activating group) is 1. The van der Waals surface area contributed by atoms with Crippen molar-refractivity contribution in [3.63, 3.8) is 0 Å². The van der Waals surface area contributed by atoms with Crippen molar-refractivity contribution >= 4 is 11.6 Å². The summed E-state index contributed by atoms with van der Waals surface area (Å²) in [4.78, 5) is 0. The van der Waals surface area contributed by atoms with Crippen LogP contribution in [0.1, 0.15) is 32.3 Å². The molecule has 17 heavy (non-hydrogen) atoms. The standard InChI is InChI=1S/C14H21ClFN/c1-10(2)7-8-12(17-3)9-11-5-4-6-13(16)14(11)15/h4-6,10,12,17H,7-9H2,1-3H3. The van der Waals surface area contributed by atoms with Crippen LogP contribution in [-0.2, 0) is 6.42 Å². The van der Waals surface area contributed by atoms with Gasteiger partial charge in [-0.15, -0.1) is 0 Å². The summed E-state index contributed by atoms with van der Waals surface area (Å²) in [7, 11) is 1.94. The van der Waals surface area contributed by atoms with E-state index in [2.05, 4.69) is 19.2 Å². The maximum absolute atomic E-state index is 13.3. The third-order valence-corrected chi connectivity index (χ3v) is 3.42. The van der Waals surface area contributed by atoms with Crippen LogP contribution in [0, 0.1) is 11.7 Å². The van der Waals surface area contributed by atoms with Gasteiger partial charge in [0.05, 0.1) is 5.02 Å². The molecule has 0 saturated heterocycles. The molecule has 1 N–H and O–H groups in total. The van der Waals surface area contributed by atoms with Gasteiger partial charge in [-0.1, -0.05) is 37.6 Å². The van der Waals surface area contributed by atoms with E-state index in [4.69, 9.17) is 11.6 Å². The molecule has 0 spiro atoms. The average Bonchev–Trinajstić information content (AvgIpc) is 2.29. The fourth-order valence-corrected chi connectivity index (χ4v) is 2.06. The molecule has 0 radical (unpaired) electrons. The lowest BCUT2D eigenvalue weighted by molar-refractivity contribution is 0.450. The highest BCUT2D eigenvalue weighted by molar-refractivity contribution is 6.31. The number of benzene rings is 1. The van der Waals surface area contributed by atoms with E-state index in [9.17, 15) is 4.39 Å². The summed E-state index contributed by atoms with van der Waals surface area (Å²) in [5.74, 6) is 0.358. The first kappa shape index (κ1) is 14.5. The molecule has 0 aliphatic carbocycles. The van der Waals surface area contributed by atoms with Crippen LogP contribution in [0.5, 0.6) is 0 Å². The van der Waals surface area contributed by atoms with Crippen LogP contribution in [-0.4, -0.2) is 13.1 Å². The summed E-state index contributed by atoms with van der Waals surface area (Å²) in [5, 5.41) is 3.53. The number of halogens is 2. The van der Waals surface area contributed by atoms with Crippen molar-refractivity contribution in [1.82, 2.24) is 5.32 Å². The largest absolute Gasteiger partial charge is 0.317 e. The topological polar surface area (TPSA) is 12.0 Å². The third kappa shape index (κ3) is 4.64. The predicted octanol–water partition coefficient (Wildman–Crippen LogP) is 4.05. The van der Waals surface area contributed by atoms with Gasteiger partial charge in [-0.2, -0.15) is 0 Å². The van der Waals surface area contributed by atoms with E-state index in [1.54, 1.807) is 6.07 Å². The van der Waals surface area contributed by atoms with Crippen molar-refractivity contribution in [2.24, 2.45) is 5.92 Å². The van der Waals surface area contributed by atoms with Gasteiger partial charge < -0.3 is 5.32 Å². The van der Waals surface area contributed by atoms with Gasteiger partial charge in [0.1, 0.15) is 5.82 Å². The van der Waals surface area contributed by atoms with Crippen molar-refractivity contribution in [3.8, 4) is 0 Å². The molecule has 96 valence electrons. The molecule has 0 aromatic heterocycles. The molecule has 0 aliphatic rings. The first-order chi connectivity index (χ1) is 8.04. The zero-order valence-corrected chi connectivity index (χ0v) is 11.5. The van der Waals surface area contributed by atoms with E-state index in [1.807, 2.05) is 13.1 Å². The first-order valence-corrected chi connectivity index (χ1v) is 6.52. The molecule has 1 rings (SSSR count). The fraction of sp³-hybridized carbons (Fsp3) is 0.571. The predicted molar refractivity (Wildman–Crippen MR) is 72.0 cm³/mol.